The van der Waals surface area contributed by atoms with E-state index >= 15 is 0 Å². The maximum atomic E-state index is 11.7. The van der Waals surface area contributed by atoms with Gasteiger partial charge < -0.3 is 5.73 Å². The zero-order valence-electron chi connectivity index (χ0n) is 8.55. The summed E-state index contributed by atoms with van der Waals surface area (Å²) in [4.78, 5) is 11.7. The number of carbonyl (C=O) groups excluding carboxylic acids is 1. The van der Waals surface area contributed by atoms with E-state index in [4.69, 9.17) is 5.73 Å². The van der Waals surface area contributed by atoms with E-state index in [1.54, 1.807) is 6.08 Å². The summed E-state index contributed by atoms with van der Waals surface area (Å²) in [5.74, 6) is 0.316. The molecule has 1 aliphatic rings. The Labute approximate surface area is 80.2 Å². The molecule has 0 aromatic rings. The van der Waals surface area contributed by atoms with Gasteiger partial charge in [-0.15, -0.1) is 0 Å². The molecular formula is C11H19NO. The van der Waals surface area contributed by atoms with Crippen molar-refractivity contribution < 1.29 is 4.79 Å². The van der Waals surface area contributed by atoms with Crippen molar-refractivity contribution in [3.05, 3.63) is 11.6 Å². The van der Waals surface area contributed by atoms with Crippen LogP contribution in [0.15, 0.2) is 11.6 Å². The molecule has 2 N–H and O–H groups in total. The van der Waals surface area contributed by atoms with E-state index in [2.05, 4.69) is 0 Å². The summed E-state index contributed by atoms with van der Waals surface area (Å²) in [6, 6.07) is 0.0943. The first-order valence-electron chi connectivity index (χ1n) is 5.05. The highest BCUT2D eigenvalue weighted by Gasteiger charge is 2.26. The molecule has 2 nitrogen and oxygen atoms in total. The fourth-order valence-corrected chi connectivity index (χ4v) is 1.90. The number of ketones is 1. The van der Waals surface area contributed by atoms with Crippen LogP contribution >= 0.6 is 0 Å². The Morgan fingerprint density at radius 1 is 1.31 bits per heavy atom. The average Bonchev–Trinajstić information content (AvgIpc) is 2.03. The Balaban J connectivity index is 2.59. The second-order valence-corrected chi connectivity index (χ2v) is 4.18. The molecule has 74 valence electrons. The highest BCUT2D eigenvalue weighted by atomic mass is 16.1. The number of hydrogen-bond donors (Lipinski definition) is 1. The Bertz CT molecular complexity index is 216. The third kappa shape index (κ3) is 2.96. The average molecular weight is 181 g/mol. The van der Waals surface area contributed by atoms with Crippen LogP contribution in [0.2, 0.25) is 0 Å². The fourth-order valence-electron chi connectivity index (χ4n) is 1.90. The van der Waals surface area contributed by atoms with Crippen LogP contribution in [-0.4, -0.2) is 11.8 Å². The number of allylic oxidation sites excluding steroid dienone is 2. The van der Waals surface area contributed by atoms with E-state index in [1.807, 2.05) is 13.8 Å². The Morgan fingerprint density at radius 3 is 2.46 bits per heavy atom. The van der Waals surface area contributed by atoms with Crippen molar-refractivity contribution in [2.75, 3.05) is 0 Å². The standard InChI is InChI=1S/C11H19NO/c1-8(2)7-11(13)9-5-3-4-6-10(9)12/h7,9-10H,3-6,12H2,1-2H3. The molecule has 2 heteroatoms. The molecule has 0 heterocycles. The molecule has 0 radical (unpaired) electrons. The summed E-state index contributed by atoms with van der Waals surface area (Å²) < 4.78 is 0. The monoisotopic (exact) mass is 181 g/mol. The molecular weight excluding hydrogens is 162 g/mol. The molecule has 2 unspecified atom stereocenters. The second-order valence-electron chi connectivity index (χ2n) is 4.18. The van der Waals surface area contributed by atoms with Crippen LogP contribution in [0.25, 0.3) is 0 Å². The van der Waals surface area contributed by atoms with Crippen molar-refractivity contribution >= 4 is 5.78 Å². The first-order valence-corrected chi connectivity index (χ1v) is 5.05. The van der Waals surface area contributed by atoms with Gasteiger partial charge in [-0.3, -0.25) is 4.79 Å². The van der Waals surface area contributed by atoms with E-state index < -0.39 is 0 Å². The van der Waals surface area contributed by atoms with Crippen LogP contribution in [0.1, 0.15) is 39.5 Å². The molecule has 2 atom stereocenters. The van der Waals surface area contributed by atoms with Crippen molar-refractivity contribution in [2.45, 2.75) is 45.6 Å². The van der Waals surface area contributed by atoms with Gasteiger partial charge >= 0.3 is 0 Å². The van der Waals surface area contributed by atoms with Crippen LogP contribution in [0.5, 0.6) is 0 Å². The van der Waals surface area contributed by atoms with E-state index in [1.165, 1.54) is 6.42 Å². The smallest absolute Gasteiger partial charge is 0.160 e. The van der Waals surface area contributed by atoms with Gasteiger partial charge in [-0.25, -0.2) is 0 Å². The van der Waals surface area contributed by atoms with Crippen LogP contribution in [0.4, 0.5) is 0 Å². The summed E-state index contributed by atoms with van der Waals surface area (Å²) in [7, 11) is 0. The minimum Gasteiger partial charge on any atom is -0.327 e. The first-order chi connectivity index (χ1) is 6.11. The van der Waals surface area contributed by atoms with Crippen molar-refractivity contribution in [2.24, 2.45) is 11.7 Å². The molecule has 0 spiro atoms. The van der Waals surface area contributed by atoms with Gasteiger partial charge in [0, 0.05) is 12.0 Å². The summed E-state index contributed by atoms with van der Waals surface area (Å²) in [5, 5.41) is 0. The van der Waals surface area contributed by atoms with Crippen molar-refractivity contribution in [1.29, 1.82) is 0 Å². The lowest BCUT2D eigenvalue weighted by Gasteiger charge is -2.26. The minimum atomic E-state index is 0.0867. The highest BCUT2D eigenvalue weighted by molar-refractivity contribution is 5.92. The molecule has 0 saturated heterocycles. The summed E-state index contributed by atoms with van der Waals surface area (Å²) in [6.45, 7) is 3.90. The maximum Gasteiger partial charge on any atom is 0.160 e. The number of hydrogen-bond acceptors (Lipinski definition) is 2. The van der Waals surface area contributed by atoms with E-state index in [-0.39, 0.29) is 17.7 Å². The number of rotatable bonds is 2. The van der Waals surface area contributed by atoms with Crippen LogP contribution in [0, 0.1) is 5.92 Å². The molecule has 0 aliphatic heterocycles. The fraction of sp³-hybridized carbons (Fsp3) is 0.727. The normalized spacial score (nSPS) is 28.2. The molecule has 0 bridgehead atoms. The molecule has 13 heavy (non-hydrogen) atoms. The zero-order valence-corrected chi connectivity index (χ0v) is 8.55. The molecule has 1 rings (SSSR count). The van der Waals surface area contributed by atoms with Crippen molar-refractivity contribution in [1.82, 2.24) is 0 Å². The third-order valence-corrected chi connectivity index (χ3v) is 2.62. The highest BCUT2D eigenvalue weighted by Crippen LogP contribution is 2.24. The van der Waals surface area contributed by atoms with Gasteiger partial charge in [0.1, 0.15) is 0 Å². The van der Waals surface area contributed by atoms with Gasteiger partial charge in [-0.05, 0) is 32.8 Å². The van der Waals surface area contributed by atoms with E-state index in [0.29, 0.717) is 0 Å². The van der Waals surface area contributed by atoms with Gasteiger partial charge in [0.25, 0.3) is 0 Å². The largest absolute Gasteiger partial charge is 0.327 e. The predicted molar refractivity (Wildman–Crippen MR) is 54.4 cm³/mol. The summed E-state index contributed by atoms with van der Waals surface area (Å²) >= 11 is 0. The third-order valence-electron chi connectivity index (χ3n) is 2.62. The van der Waals surface area contributed by atoms with Gasteiger partial charge in [0.2, 0.25) is 0 Å². The van der Waals surface area contributed by atoms with E-state index in [0.717, 1.165) is 24.8 Å². The molecule has 0 amide bonds. The topological polar surface area (TPSA) is 43.1 Å². The maximum absolute atomic E-state index is 11.7. The first kappa shape index (κ1) is 10.5. The zero-order chi connectivity index (χ0) is 9.84. The summed E-state index contributed by atoms with van der Waals surface area (Å²) in [5.41, 5.74) is 6.98. The summed E-state index contributed by atoms with van der Waals surface area (Å²) in [6.07, 6.45) is 6.05. The number of carbonyl (C=O) groups is 1. The Hall–Kier alpha value is -0.630. The molecule has 1 aliphatic carbocycles. The van der Waals surface area contributed by atoms with Crippen LogP contribution in [0.3, 0.4) is 0 Å². The van der Waals surface area contributed by atoms with Gasteiger partial charge in [-0.2, -0.15) is 0 Å². The van der Waals surface area contributed by atoms with Gasteiger partial charge in [-0.1, -0.05) is 18.4 Å². The minimum absolute atomic E-state index is 0.0867. The molecule has 1 saturated carbocycles. The molecule has 0 aromatic heterocycles. The van der Waals surface area contributed by atoms with Gasteiger partial charge in [0.05, 0.1) is 0 Å². The lowest BCUT2D eigenvalue weighted by molar-refractivity contribution is -0.119. The van der Waals surface area contributed by atoms with Crippen molar-refractivity contribution in [3.8, 4) is 0 Å². The SMILES string of the molecule is CC(C)=CC(=O)C1CCCCC1N. The lowest BCUT2D eigenvalue weighted by Crippen LogP contribution is -2.37. The molecule has 1 fully saturated rings. The predicted octanol–water partition coefficient (Wildman–Crippen LogP) is 2.04. The lowest BCUT2D eigenvalue weighted by atomic mass is 9.82. The number of nitrogens with two attached hydrogens (primary N) is 1. The second kappa shape index (κ2) is 4.56. The van der Waals surface area contributed by atoms with Crippen molar-refractivity contribution in [3.63, 3.8) is 0 Å². The molecule has 0 aromatic carbocycles. The van der Waals surface area contributed by atoms with Gasteiger partial charge in [0.15, 0.2) is 5.78 Å². The van der Waals surface area contributed by atoms with Crippen LogP contribution in [-0.2, 0) is 4.79 Å². The van der Waals surface area contributed by atoms with Crippen LogP contribution < -0.4 is 5.73 Å². The Kier molecular flexibility index (Phi) is 3.67. The Morgan fingerprint density at radius 2 is 1.92 bits per heavy atom. The van der Waals surface area contributed by atoms with E-state index in [9.17, 15) is 4.79 Å². The quantitative estimate of drug-likeness (QED) is 0.662.